The summed E-state index contributed by atoms with van der Waals surface area (Å²) in [5.41, 5.74) is 5.74. The highest BCUT2D eigenvalue weighted by atomic mass is 16.5. The molecule has 1 fully saturated rings. The molecule has 94 valence electrons. The number of nitrogens with one attached hydrogen (secondary N) is 1. The first-order valence-electron chi connectivity index (χ1n) is 6.28. The van der Waals surface area contributed by atoms with Crippen molar-refractivity contribution in [3.63, 3.8) is 0 Å². The summed E-state index contributed by atoms with van der Waals surface area (Å²) in [5.74, 6) is 1.63. The summed E-state index contributed by atoms with van der Waals surface area (Å²) < 4.78 is 5.43. The van der Waals surface area contributed by atoms with Crippen molar-refractivity contribution in [1.82, 2.24) is 5.32 Å². The highest BCUT2D eigenvalue weighted by Gasteiger charge is 2.40. The van der Waals surface area contributed by atoms with Gasteiger partial charge in [0.25, 0.3) is 0 Å². The Morgan fingerprint density at radius 2 is 1.88 bits per heavy atom. The van der Waals surface area contributed by atoms with Crippen molar-refractivity contribution in [2.75, 3.05) is 13.7 Å². The van der Waals surface area contributed by atoms with Gasteiger partial charge in [-0.3, -0.25) is 0 Å². The molecule has 0 aliphatic carbocycles. The molecular weight excluding hydrogens is 210 g/mol. The van der Waals surface area contributed by atoms with Crippen LogP contribution in [0.3, 0.4) is 0 Å². The predicted octanol–water partition coefficient (Wildman–Crippen LogP) is 3.09. The van der Waals surface area contributed by atoms with E-state index in [1.165, 1.54) is 22.3 Å². The van der Waals surface area contributed by atoms with Crippen molar-refractivity contribution in [1.29, 1.82) is 0 Å². The Balaban J connectivity index is 2.52. The third-order valence-electron chi connectivity index (χ3n) is 4.31. The highest BCUT2D eigenvalue weighted by Crippen LogP contribution is 2.40. The number of aryl methyl sites for hydroxylation is 1. The van der Waals surface area contributed by atoms with E-state index in [0.29, 0.717) is 5.92 Å². The highest BCUT2D eigenvalue weighted by molar-refractivity contribution is 5.51. The van der Waals surface area contributed by atoms with Gasteiger partial charge >= 0.3 is 0 Å². The van der Waals surface area contributed by atoms with Gasteiger partial charge in [0, 0.05) is 18.0 Å². The van der Waals surface area contributed by atoms with E-state index >= 15 is 0 Å². The van der Waals surface area contributed by atoms with Crippen LogP contribution < -0.4 is 10.1 Å². The molecule has 0 amide bonds. The first kappa shape index (κ1) is 12.4. The van der Waals surface area contributed by atoms with E-state index in [0.717, 1.165) is 12.3 Å². The molecule has 0 saturated carbocycles. The van der Waals surface area contributed by atoms with Crippen LogP contribution in [0.2, 0.25) is 0 Å². The minimum atomic E-state index is 0.219. The molecule has 1 atom stereocenters. The average Bonchev–Trinajstić information content (AvgIpc) is 2.27. The number of hydrogen-bond donors (Lipinski definition) is 1. The number of hydrogen-bond acceptors (Lipinski definition) is 2. The van der Waals surface area contributed by atoms with E-state index in [-0.39, 0.29) is 5.54 Å². The molecule has 1 aliphatic rings. The Morgan fingerprint density at radius 3 is 2.29 bits per heavy atom. The van der Waals surface area contributed by atoms with Crippen LogP contribution in [0.25, 0.3) is 0 Å². The van der Waals surface area contributed by atoms with Gasteiger partial charge in [-0.15, -0.1) is 0 Å². The smallest absolute Gasteiger partial charge is 0.122 e. The molecule has 0 spiro atoms. The van der Waals surface area contributed by atoms with Crippen LogP contribution in [0.4, 0.5) is 0 Å². The Bertz CT molecular complexity index is 449. The first-order chi connectivity index (χ1) is 7.88. The SMILES string of the molecule is COc1cc(C)c(C2CNC2(C)C)c(C)c1C. The second-order valence-corrected chi connectivity index (χ2v) is 5.71. The molecule has 1 heterocycles. The van der Waals surface area contributed by atoms with Gasteiger partial charge in [0.05, 0.1) is 7.11 Å². The summed E-state index contributed by atoms with van der Waals surface area (Å²) in [5, 5.41) is 3.50. The lowest BCUT2D eigenvalue weighted by Gasteiger charge is -2.47. The molecule has 1 aromatic rings. The van der Waals surface area contributed by atoms with Crippen molar-refractivity contribution in [3.05, 3.63) is 28.3 Å². The molecule has 1 saturated heterocycles. The van der Waals surface area contributed by atoms with E-state index in [9.17, 15) is 0 Å². The van der Waals surface area contributed by atoms with Crippen LogP contribution in [0.15, 0.2) is 6.07 Å². The Hall–Kier alpha value is -1.02. The summed E-state index contributed by atoms with van der Waals surface area (Å²) in [6, 6.07) is 2.17. The maximum Gasteiger partial charge on any atom is 0.122 e. The zero-order valence-corrected chi connectivity index (χ0v) is 11.8. The van der Waals surface area contributed by atoms with Crippen molar-refractivity contribution in [3.8, 4) is 5.75 Å². The van der Waals surface area contributed by atoms with Gasteiger partial charge in [0.15, 0.2) is 0 Å². The molecule has 1 aliphatic heterocycles. The van der Waals surface area contributed by atoms with Crippen LogP contribution in [0, 0.1) is 20.8 Å². The van der Waals surface area contributed by atoms with Crippen LogP contribution in [0.5, 0.6) is 5.75 Å². The lowest BCUT2D eigenvalue weighted by molar-refractivity contribution is 0.206. The van der Waals surface area contributed by atoms with Crippen molar-refractivity contribution in [2.24, 2.45) is 0 Å². The summed E-state index contributed by atoms with van der Waals surface area (Å²) in [6.45, 7) is 12.2. The molecule has 0 radical (unpaired) electrons. The van der Waals surface area contributed by atoms with Gasteiger partial charge < -0.3 is 10.1 Å². The summed E-state index contributed by atoms with van der Waals surface area (Å²) in [6.07, 6.45) is 0. The Morgan fingerprint density at radius 1 is 1.24 bits per heavy atom. The molecule has 0 bridgehead atoms. The largest absolute Gasteiger partial charge is 0.496 e. The van der Waals surface area contributed by atoms with Crippen LogP contribution >= 0.6 is 0 Å². The van der Waals surface area contributed by atoms with E-state index in [2.05, 4.69) is 46.0 Å². The summed E-state index contributed by atoms with van der Waals surface area (Å²) >= 11 is 0. The number of rotatable bonds is 2. The fraction of sp³-hybridized carbons (Fsp3) is 0.600. The molecular formula is C15H23NO. The summed E-state index contributed by atoms with van der Waals surface area (Å²) in [4.78, 5) is 0. The minimum absolute atomic E-state index is 0.219. The van der Waals surface area contributed by atoms with Gasteiger partial charge in [-0.25, -0.2) is 0 Å². The molecule has 17 heavy (non-hydrogen) atoms. The maximum absolute atomic E-state index is 5.43. The molecule has 2 heteroatoms. The monoisotopic (exact) mass is 233 g/mol. The quantitative estimate of drug-likeness (QED) is 0.847. The van der Waals surface area contributed by atoms with Crippen molar-refractivity contribution < 1.29 is 4.74 Å². The second kappa shape index (κ2) is 4.02. The van der Waals surface area contributed by atoms with Crippen molar-refractivity contribution in [2.45, 2.75) is 46.1 Å². The number of methoxy groups -OCH3 is 1. The van der Waals surface area contributed by atoms with Gasteiger partial charge in [-0.05, 0) is 62.9 Å². The van der Waals surface area contributed by atoms with E-state index < -0.39 is 0 Å². The van der Waals surface area contributed by atoms with Gasteiger partial charge in [0.1, 0.15) is 5.75 Å². The predicted molar refractivity (Wildman–Crippen MR) is 72.0 cm³/mol. The number of ether oxygens (including phenoxy) is 1. The van der Waals surface area contributed by atoms with Crippen molar-refractivity contribution >= 4 is 0 Å². The molecule has 1 unspecified atom stereocenters. The maximum atomic E-state index is 5.43. The fourth-order valence-electron chi connectivity index (χ4n) is 2.89. The Kier molecular flexibility index (Phi) is 2.94. The van der Waals surface area contributed by atoms with Gasteiger partial charge in [-0.2, -0.15) is 0 Å². The second-order valence-electron chi connectivity index (χ2n) is 5.71. The van der Waals surface area contributed by atoms with E-state index in [1.54, 1.807) is 7.11 Å². The lowest BCUT2D eigenvalue weighted by atomic mass is 9.72. The topological polar surface area (TPSA) is 21.3 Å². The normalized spacial score (nSPS) is 22.1. The first-order valence-corrected chi connectivity index (χ1v) is 6.28. The van der Waals surface area contributed by atoms with Crippen LogP contribution in [0.1, 0.15) is 42.0 Å². The zero-order valence-electron chi connectivity index (χ0n) is 11.8. The Labute approximate surface area is 104 Å². The average molecular weight is 233 g/mol. The van der Waals surface area contributed by atoms with Gasteiger partial charge in [-0.1, -0.05) is 0 Å². The number of benzene rings is 1. The standard InChI is InChI=1S/C15H23NO/c1-9-7-13(17-6)10(2)11(3)14(9)12-8-16-15(12,4)5/h7,12,16H,8H2,1-6H3. The molecule has 1 N–H and O–H groups in total. The van der Waals surface area contributed by atoms with E-state index in [1.807, 2.05) is 0 Å². The molecule has 2 rings (SSSR count). The molecule has 0 aromatic heterocycles. The molecule has 2 nitrogen and oxygen atoms in total. The third-order valence-corrected chi connectivity index (χ3v) is 4.31. The van der Waals surface area contributed by atoms with Crippen LogP contribution in [-0.2, 0) is 0 Å². The van der Waals surface area contributed by atoms with Gasteiger partial charge in [0.2, 0.25) is 0 Å². The summed E-state index contributed by atoms with van der Waals surface area (Å²) in [7, 11) is 1.75. The van der Waals surface area contributed by atoms with Crippen LogP contribution in [-0.4, -0.2) is 19.2 Å². The minimum Gasteiger partial charge on any atom is -0.496 e. The van der Waals surface area contributed by atoms with E-state index in [4.69, 9.17) is 4.74 Å². The lowest BCUT2D eigenvalue weighted by Crippen LogP contribution is -2.59. The molecule has 1 aromatic carbocycles. The fourth-order valence-corrected chi connectivity index (χ4v) is 2.89. The zero-order chi connectivity index (χ0) is 12.8. The third kappa shape index (κ3) is 1.85.